The zero-order valence-electron chi connectivity index (χ0n) is 12.5. The molecule has 0 bridgehead atoms. The molecule has 1 aromatic rings. The molecule has 2 atom stereocenters. The molecule has 0 aliphatic carbocycles. The number of benzene rings is 1. The van der Waals surface area contributed by atoms with E-state index in [0.717, 1.165) is 18.0 Å². The second-order valence-corrected chi connectivity index (χ2v) is 5.71. The van der Waals surface area contributed by atoms with Crippen molar-refractivity contribution in [3.8, 4) is 11.5 Å². The van der Waals surface area contributed by atoms with E-state index in [4.69, 9.17) is 9.47 Å². The maximum Gasteiger partial charge on any atom is 0.127 e. The molecule has 1 rings (SSSR count). The average molecular weight is 283 g/mol. The summed E-state index contributed by atoms with van der Waals surface area (Å²) >= 11 is 1.89. The third-order valence-electron chi connectivity index (χ3n) is 3.13. The standard InChI is InChI=1S/C15H25NO2S/c1-11(10-19-5)9-16-12(2)14-7-6-13(17-3)8-15(14)18-4/h6-8,11-12,16H,9-10H2,1-5H3. The minimum absolute atomic E-state index is 0.269. The van der Waals surface area contributed by atoms with Crippen molar-refractivity contribution in [3.05, 3.63) is 23.8 Å². The van der Waals surface area contributed by atoms with E-state index in [1.54, 1.807) is 14.2 Å². The monoisotopic (exact) mass is 283 g/mol. The summed E-state index contributed by atoms with van der Waals surface area (Å²) in [7, 11) is 3.36. The normalized spacial score (nSPS) is 13.9. The fraction of sp³-hybridized carbons (Fsp3) is 0.600. The lowest BCUT2D eigenvalue weighted by atomic mass is 10.1. The first-order valence-corrected chi connectivity index (χ1v) is 7.96. The highest BCUT2D eigenvalue weighted by Gasteiger charge is 2.13. The van der Waals surface area contributed by atoms with Crippen LogP contribution in [0.3, 0.4) is 0 Å². The number of rotatable bonds is 8. The molecule has 0 radical (unpaired) electrons. The molecule has 0 aliphatic heterocycles. The van der Waals surface area contributed by atoms with Crippen LogP contribution in [-0.2, 0) is 0 Å². The minimum atomic E-state index is 0.269. The van der Waals surface area contributed by atoms with E-state index in [9.17, 15) is 0 Å². The largest absolute Gasteiger partial charge is 0.497 e. The van der Waals surface area contributed by atoms with Crippen LogP contribution in [0.5, 0.6) is 11.5 Å². The molecule has 0 fully saturated rings. The summed E-state index contributed by atoms with van der Waals surface area (Å²) in [5.74, 6) is 3.54. The van der Waals surface area contributed by atoms with Crippen LogP contribution in [0.1, 0.15) is 25.5 Å². The van der Waals surface area contributed by atoms with E-state index >= 15 is 0 Å². The number of nitrogens with one attached hydrogen (secondary N) is 1. The third-order valence-corrected chi connectivity index (χ3v) is 4.03. The highest BCUT2D eigenvalue weighted by molar-refractivity contribution is 7.98. The van der Waals surface area contributed by atoms with Gasteiger partial charge in [-0.15, -0.1) is 0 Å². The third kappa shape index (κ3) is 4.96. The van der Waals surface area contributed by atoms with E-state index in [1.165, 1.54) is 11.3 Å². The Morgan fingerprint density at radius 1 is 1.21 bits per heavy atom. The van der Waals surface area contributed by atoms with Gasteiger partial charge in [-0.1, -0.05) is 13.0 Å². The maximum absolute atomic E-state index is 5.44. The van der Waals surface area contributed by atoms with E-state index < -0.39 is 0 Å². The maximum atomic E-state index is 5.44. The number of methoxy groups -OCH3 is 2. The van der Waals surface area contributed by atoms with Crippen LogP contribution >= 0.6 is 11.8 Å². The second kappa shape index (κ2) is 8.33. The van der Waals surface area contributed by atoms with Gasteiger partial charge in [-0.25, -0.2) is 0 Å². The first kappa shape index (κ1) is 16.2. The zero-order valence-corrected chi connectivity index (χ0v) is 13.3. The number of hydrogen-bond donors (Lipinski definition) is 1. The molecule has 0 spiro atoms. The van der Waals surface area contributed by atoms with E-state index in [-0.39, 0.29) is 6.04 Å². The van der Waals surface area contributed by atoms with Gasteiger partial charge in [0.05, 0.1) is 14.2 Å². The van der Waals surface area contributed by atoms with Crippen molar-refractivity contribution < 1.29 is 9.47 Å². The minimum Gasteiger partial charge on any atom is -0.497 e. The van der Waals surface area contributed by atoms with E-state index in [0.29, 0.717) is 5.92 Å². The molecule has 2 unspecified atom stereocenters. The predicted molar refractivity (Wildman–Crippen MR) is 83.5 cm³/mol. The first-order chi connectivity index (χ1) is 9.12. The second-order valence-electron chi connectivity index (χ2n) is 4.80. The van der Waals surface area contributed by atoms with Crippen molar-refractivity contribution >= 4 is 11.8 Å². The lowest BCUT2D eigenvalue weighted by Gasteiger charge is -2.20. The number of ether oxygens (including phenoxy) is 2. The van der Waals surface area contributed by atoms with Gasteiger partial charge in [-0.3, -0.25) is 0 Å². The lowest BCUT2D eigenvalue weighted by molar-refractivity contribution is 0.384. The molecule has 0 heterocycles. The Labute approximate surface area is 121 Å². The Morgan fingerprint density at radius 2 is 1.95 bits per heavy atom. The molecule has 0 saturated heterocycles. The molecule has 0 aliphatic rings. The van der Waals surface area contributed by atoms with Gasteiger partial charge in [0.25, 0.3) is 0 Å². The SMILES string of the molecule is COc1ccc(C(C)NCC(C)CSC)c(OC)c1. The van der Waals surface area contributed by atoms with Gasteiger partial charge in [0.2, 0.25) is 0 Å². The van der Waals surface area contributed by atoms with Crippen molar-refractivity contribution in [1.82, 2.24) is 5.32 Å². The highest BCUT2D eigenvalue weighted by atomic mass is 32.2. The van der Waals surface area contributed by atoms with Gasteiger partial charge in [-0.05, 0) is 37.5 Å². The van der Waals surface area contributed by atoms with Gasteiger partial charge in [0.1, 0.15) is 11.5 Å². The van der Waals surface area contributed by atoms with Gasteiger partial charge >= 0.3 is 0 Å². The molecule has 0 saturated carbocycles. The fourth-order valence-corrected chi connectivity index (χ4v) is 2.69. The van der Waals surface area contributed by atoms with Crippen LogP contribution in [0.4, 0.5) is 0 Å². The molecular formula is C15H25NO2S. The highest BCUT2D eigenvalue weighted by Crippen LogP contribution is 2.29. The molecule has 0 amide bonds. The summed E-state index contributed by atoms with van der Waals surface area (Å²) in [4.78, 5) is 0. The Kier molecular flexibility index (Phi) is 7.10. The Balaban J connectivity index is 2.68. The molecular weight excluding hydrogens is 258 g/mol. The summed E-state index contributed by atoms with van der Waals surface area (Å²) in [5, 5.41) is 3.56. The Hall–Kier alpha value is -0.870. The number of thioether (sulfide) groups is 1. The summed E-state index contributed by atoms with van der Waals surface area (Å²) in [5.41, 5.74) is 1.17. The van der Waals surface area contributed by atoms with E-state index in [2.05, 4.69) is 31.5 Å². The summed E-state index contributed by atoms with van der Waals surface area (Å²) < 4.78 is 10.7. The molecule has 3 nitrogen and oxygen atoms in total. The van der Waals surface area contributed by atoms with Gasteiger partial charge < -0.3 is 14.8 Å². The van der Waals surface area contributed by atoms with Crippen molar-refractivity contribution in [1.29, 1.82) is 0 Å². The van der Waals surface area contributed by atoms with Crippen molar-refractivity contribution in [2.45, 2.75) is 19.9 Å². The van der Waals surface area contributed by atoms with Crippen LogP contribution in [0.2, 0.25) is 0 Å². The molecule has 108 valence electrons. The molecule has 4 heteroatoms. The van der Waals surface area contributed by atoms with Gasteiger partial charge in [0.15, 0.2) is 0 Å². The molecule has 1 N–H and O–H groups in total. The predicted octanol–water partition coefficient (Wildman–Crippen LogP) is 3.35. The van der Waals surface area contributed by atoms with E-state index in [1.807, 2.05) is 23.9 Å². The summed E-state index contributed by atoms with van der Waals surface area (Å²) in [6.45, 7) is 5.44. The first-order valence-electron chi connectivity index (χ1n) is 6.56. The van der Waals surface area contributed by atoms with Gasteiger partial charge in [-0.2, -0.15) is 11.8 Å². The fourth-order valence-electron chi connectivity index (χ4n) is 2.01. The van der Waals surface area contributed by atoms with Gasteiger partial charge in [0, 0.05) is 17.7 Å². The zero-order chi connectivity index (χ0) is 14.3. The quantitative estimate of drug-likeness (QED) is 0.792. The molecule has 1 aromatic carbocycles. The van der Waals surface area contributed by atoms with Crippen LogP contribution in [0.25, 0.3) is 0 Å². The van der Waals surface area contributed by atoms with Crippen LogP contribution in [0, 0.1) is 5.92 Å². The topological polar surface area (TPSA) is 30.5 Å². The van der Waals surface area contributed by atoms with Crippen molar-refractivity contribution in [3.63, 3.8) is 0 Å². The Morgan fingerprint density at radius 3 is 2.53 bits per heavy atom. The Bertz CT molecular complexity index is 384. The molecule has 0 aromatic heterocycles. The van der Waals surface area contributed by atoms with Crippen LogP contribution in [0.15, 0.2) is 18.2 Å². The van der Waals surface area contributed by atoms with Crippen molar-refractivity contribution in [2.75, 3.05) is 32.8 Å². The van der Waals surface area contributed by atoms with Crippen LogP contribution < -0.4 is 14.8 Å². The number of hydrogen-bond acceptors (Lipinski definition) is 4. The summed E-state index contributed by atoms with van der Waals surface area (Å²) in [6, 6.07) is 6.24. The van der Waals surface area contributed by atoms with Crippen LogP contribution in [-0.4, -0.2) is 32.8 Å². The lowest BCUT2D eigenvalue weighted by Crippen LogP contribution is -2.25. The van der Waals surface area contributed by atoms with Crippen molar-refractivity contribution in [2.24, 2.45) is 5.92 Å². The average Bonchev–Trinajstić information content (AvgIpc) is 2.44. The molecule has 19 heavy (non-hydrogen) atoms. The summed E-state index contributed by atoms with van der Waals surface area (Å²) in [6.07, 6.45) is 2.15. The smallest absolute Gasteiger partial charge is 0.127 e.